The Morgan fingerprint density at radius 1 is 1.22 bits per heavy atom. The molecule has 3 N–H and O–H groups in total. The maximum atomic E-state index is 6.07. The molecule has 0 aliphatic carbocycles. The molecule has 0 aliphatic rings. The molecular formula is C13H13BrClN3. The van der Waals surface area contributed by atoms with Crippen LogP contribution < -0.4 is 11.1 Å². The highest BCUT2D eigenvalue weighted by Crippen LogP contribution is 2.23. The minimum absolute atomic E-state index is 0.563. The summed E-state index contributed by atoms with van der Waals surface area (Å²) in [5, 5.41) is 3.80. The van der Waals surface area contributed by atoms with Crippen molar-refractivity contribution >= 4 is 33.3 Å². The number of nitrogens with two attached hydrogens (primary N) is 1. The number of anilines is 1. The Bertz CT molecular complexity index is 528. The Labute approximate surface area is 119 Å². The molecule has 1 aromatic carbocycles. The highest BCUT2D eigenvalue weighted by atomic mass is 79.9. The molecule has 0 fully saturated rings. The highest BCUT2D eigenvalue weighted by Gasteiger charge is 2.02. The van der Waals surface area contributed by atoms with E-state index in [2.05, 4.69) is 26.2 Å². The van der Waals surface area contributed by atoms with Gasteiger partial charge in [0.25, 0.3) is 0 Å². The zero-order valence-electron chi connectivity index (χ0n) is 9.66. The number of pyridine rings is 1. The molecule has 0 unspecified atom stereocenters. The van der Waals surface area contributed by atoms with Gasteiger partial charge in [0.05, 0.1) is 5.02 Å². The number of nitrogens with one attached hydrogen (secondary N) is 1. The van der Waals surface area contributed by atoms with E-state index >= 15 is 0 Å². The lowest BCUT2D eigenvalue weighted by molar-refractivity contribution is 1.05. The second kappa shape index (κ2) is 6.18. The van der Waals surface area contributed by atoms with Gasteiger partial charge in [0.15, 0.2) is 0 Å². The summed E-state index contributed by atoms with van der Waals surface area (Å²) in [5.41, 5.74) is 7.84. The van der Waals surface area contributed by atoms with E-state index in [1.165, 1.54) is 0 Å². The van der Waals surface area contributed by atoms with E-state index in [0.717, 1.165) is 15.6 Å². The molecule has 1 heterocycles. The summed E-state index contributed by atoms with van der Waals surface area (Å²) in [6.45, 7) is 1.24. The summed E-state index contributed by atoms with van der Waals surface area (Å²) >= 11 is 9.39. The van der Waals surface area contributed by atoms with Crippen molar-refractivity contribution in [2.75, 3.05) is 5.32 Å². The van der Waals surface area contributed by atoms with Gasteiger partial charge in [-0.2, -0.15) is 0 Å². The average Bonchev–Trinajstić information content (AvgIpc) is 2.38. The number of nitrogens with zero attached hydrogens (tertiary/aromatic N) is 1. The monoisotopic (exact) mass is 325 g/mol. The maximum absolute atomic E-state index is 6.07. The zero-order chi connectivity index (χ0) is 13.0. The van der Waals surface area contributed by atoms with Crippen LogP contribution in [0.1, 0.15) is 11.1 Å². The second-order valence-electron chi connectivity index (χ2n) is 3.86. The van der Waals surface area contributed by atoms with Crippen LogP contribution in [-0.4, -0.2) is 4.98 Å². The first-order chi connectivity index (χ1) is 8.69. The van der Waals surface area contributed by atoms with Crippen LogP contribution in [0.3, 0.4) is 0 Å². The highest BCUT2D eigenvalue weighted by molar-refractivity contribution is 9.10. The Hall–Kier alpha value is -1.10. The minimum atomic E-state index is 0.563. The van der Waals surface area contributed by atoms with Crippen LogP contribution in [0.2, 0.25) is 5.02 Å². The molecule has 0 radical (unpaired) electrons. The normalized spacial score (nSPS) is 10.4. The minimum Gasteiger partial charge on any atom is -0.365 e. The van der Waals surface area contributed by atoms with Gasteiger partial charge in [0.2, 0.25) is 0 Å². The number of halogens is 2. The van der Waals surface area contributed by atoms with Gasteiger partial charge in [-0.1, -0.05) is 35.9 Å². The van der Waals surface area contributed by atoms with Crippen LogP contribution >= 0.6 is 27.5 Å². The zero-order valence-corrected chi connectivity index (χ0v) is 12.0. The topological polar surface area (TPSA) is 50.9 Å². The van der Waals surface area contributed by atoms with Crippen molar-refractivity contribution in [3.63, 3.8) is 0 Å². The van der Waals surface area contributed by atoms with Crippen molar-refractivity contribution in [1.29, 1.82) is 0 Å². The van der Waals surface area contributed by atoms with Crippen LogP contribution in [0.15, 0.2) is 41.0 Å². The van der Waals surface area contributed by atoms with E-state index in [1.54, 1.807) is 6.20 Å². The van der Waals surface area contributed by atoms with E-state index in [4.69, 9.17) is 17.3 Å². The summed E-state index contributed by atoms with van der Waals surface area (Å²) in [6, 6.07) is 9.94. The second-order valence-corrected chi connectivity index (χ2v) is 5.18. The molecule has 18 heavy (non-hydrogen) atoms. The van der Waals surface area contributed by atoms with Crippen molar-refractivity contribution in [2.45, 2.75) is 13.1 Å². The van der Waals surface area contributed by atoms with Crippen LogP contribution in [0.25, 0.3) is 0 Å². The third kappa shape index (κ3) is 3.45. The fourth-order valence-corrected chi connectivity index (χ4v) is 2.22. The van der Waals surface area contributed by atoms with Gasteiger partial charge in [0.1, 0.15) is 5.82 Å². The number of hydrogen-bond acceptors (Lipinski definition) is 3. The molecule has 0 saturated carbocycles. The number of aromatic nitrogens is 1. The smallest absolute Gasteiger partial charge is 0.145 e. The molecule has 0 spiro atoms. The molecule has 2 rings (SSSR count). The molecule has 0 bridgehead atoms. The molecule has 0 atom stereocenters. The molecule has 3 nitrogen and oxygen atoms in total. The van der Waals surface area contributed by atoms with Crippen LogP contribution in [0.5, 0.6) is 0 Å². The lowest BCUT2D eigenvalue weighted by Crippen LogP contribution is -2.02. The lowest BCUT2D eigenvalue weighted by Gasteiger charge is -2.08. The largest absolute Gasteiger partial charge is 0.365 e. The molecule has 94 valence electrons. The van der Waals surface area contributed by atoms with Crippen LogP contribution in [0.4, 0.5) is 5.82 Å². The van der Waals surface area contributed by atoms with Gasteiger partial charge in [0, 0.05) is 23.8 Å². The van der Waals surface area contributed by atoms with Gasteiger partial charge in [-0.25, -0.2) is 4.98 Å². The Kier molecular flexibility index (Phi) is 4.58. The fourth-order valence-electron chi connectivity index (χ4n) is 1.52. The average molecular weight is 327 g/mol. The van der Waals surface area contributed by atoms with Gasteiger partial charge in [-0.05, 0) is 33.1 Å². The first kappa shape index (κ1) is 13.3. The van der Waals surface area contributed by atoms with Gasteiger partial charge < -0.3 is 11.1 Å². The fraction of sp³-hybridized carbons (Fsp3) is 0.154. The van der Waals surface area contributed by atoms with Crippen LogP contribution in [-0.2, 0) is 13.1 Å². The van der Waals surface area contributed by atoms with E-state index in [1.807, 2.05) is 30.3 Å². The Morgan fingerprint density at radius 3 is 2.50 bits per heavy atom. The Morgan fingerprint density at radius 2 is 1.89 bits per heavy atom. The van der Waals surface area contributed by atoms with Crippen molar-refractivity contribution in [3.8, 4) is 0 Å². The first-order valence-corrected chi connectivity index (χ1v) is 6.69. The molecule has 5 heteroatoms. The van der Waals surface area contributed by atoms with E-state index in [9.17, 15) is 0 Å². The van der Waals surface area contributed by atoms with Gasteiger partial charge >= 0.3 is 0 Å². The van der Waals surface area contributed by atoms with Crippen molar-refractivity contribution < 1.29 is 0 Å². The molecular weight excluding hydrogens is 314 g/mol. The van der Waals surface area contributed by atoms with E-state index in [0.29, 0.717) is 23.9 Å². The summed E-state index contributed by atoms with van der Waals surface area (Å²) in [7, 11) is 0. The van der Waals surface area contributed by atoms with Crippen molar-refractivity contribution in [1.82, 2.24) is 4.98 Å². The van der Waals surface area contributed by atoms with Crippen molar-refractivity contribution in [3.05, 3.63) is 57.2 Å². The summed E-state index contributed by atoms with van der Waals surface area (Å²) in [4.78, 5) is 4.22. The summed E-state index contributed by atoms with van der Waals surface area (Å²) < 4.78 is 0.866. The van der Waals surface area contributed by atoms with E-state index in [-0.39, 0.29) is 0 Å². The van der Waals surface area contributed by atoms with Crippen LogP contribution in [0, 0.1) is 0 Å². The third-order valence-electron chi connectivity index (χ3n) is 2.53. The van der Waals surface area contributed by atoms with E-state index < -0.39 is 0 Å². The van der Waals surface area contributed by atoms with Crippen molar-refractivity contribution in [2.24, 2.45) is 5.73 Å². The lowest BCUT2D eigenvalue weighted by atomic mass is 10.1. The standard InChI is InChI=1S/C13H13BrClN3/c14-11-5-12(15)13(18-8-11)17-7-10-3-1-9(6-16)2-4-10/h1-5,8H,6-7,16H2,(H,17,18). The molecule has 0 saturated heterocycles. The summed E-state index contributed by atoms with van der Waals surface area (Å²) in [5.74, 6) is 0.683. The first-order valence-electron chi connectivity index (χ1n) is 5.52. The maximum Gasteiger partial charge on any atom is 0.145 e. The Balaban J connectivity index is 2.02. The number of hydrogen-bond donors (Lipinski definition) is 2. The quantitative estimate of drug-likeness (QED) is 0.903. The third-order valence-corrected chi connectivity index (χ3v) is 3.25. The predicted octanol–water partition coefficient (Wildman–Crippen LogP) is 3.57. The van der Waals surface area contributed by atoms with Gasteiger partial charge in [-0.3, -0.25) is 0 Å². The van der Waals surface area contributed by atoms with Gasteiger partial charge in [-0.15, -0.1) is 0 Å². The predicted molar refractivity (Wildman–Crippen MR) is 78.6 cm³/mol. The number of rotatable bonds is 4. The molecule has 0 amide bonds. The molecule has 0 aliphatic heterocycles. The SMILES string of the molecule is NCc1ccc(CNc2ncc(Br)cc2Cl)cc1. The molecule has 1 aromatic heterocycles. The molecule has 2 aromatic rings. The summed E-state index contributed by atoms with van der Waals surface area (Å²) in [6.07, 6.45) is 1.71. The number of benzene rings is 1.